The van der Waals surface area contributed by atoms with E-state index in [4.69, 9.17) is 0 Å². The Morgan fingerprint density at radius 2 is 2.29 bits per heavy atom. The summed E-state index contributed by atoms with van der Waals surface area (Å²) >= 11 is 0. The molecule has 0 aromatic carbocycles. The molecule has 94 valence electrons. The van der Waals surface area contributed by atoms with Crippen LogP contribution in [-0.2, 0) is 11.2 Å². The van der Waals surface area contributed by atoms with Crippen LogP contribution in [-0.4, -0.2) is 15.6 Å². The Bertz CT molecular complexity index is 395. The molecule has 0 amide bonds. The van der Waals surface area contributed by atoms with Crippen molar-refractivity contribution in [1.82, 2.24) is 9.78 Å². The van der Waals surface area contributed by atoms with Gasteiger partial charge in [0.15, 0.2) is 0 Å². The molecule has 2 unspecified atom stereocenters. The molecule has 3 heteroatoms. The number of rotatable bonds is 4. The lowest BCUT2D eigenvalue weighted by atomic mass is 9.91. The number of carbonyl (C=O) groups excluding carboxylic acids is 1. The molecule has 0 aliphatic heterocycles. The van der Waals surface area contributed by atoms with Gasteiger partial charge in [0.2, 0.25) is 0 Å². The molecule has 1 heterocycles. The Kier molecular flexibility index (Phi) is 3.65. The van der Waals surface area contributed by atoms with Gasteiger partial charge in [-0.2, -0.15) is 5.10 Å². The van der Waals surface area contributed by atoms with Crippen LogP contribution in [0.5, 0.6) is 0 Å². The van der Waals surface area contributed by atoms with E-state index in [-0.39, 0.29) is 5.92 Å². The molecule has 1 fully saturated rings. The number of hydrogen-bond acceptors (Lipinski definition) is 2. The van der Waals surface area contributed by atoms with Gasteiger partial charge < -0.3 is 0 Å². The van der Waals surface area contributed by atoms with Gasteiger partial charge in [-0.3, -0.25) is 9.48 Å². The van der Waals surface area contributed by atoms with Crippen molar-refractivity contribution >= 4 is 5.78 Å². The lowest BCUT2D eigenvalue weighted by Gasteiger charge is -2.12. The summed E-state index contributed by atoms with van der Waals surface area (Å²) < 4.78 is 1.92. The Labute approximate surface area is 103 Å². The van der Waals surface area contributed by atoms with Gasteiger partial charge in [-0.05, 0) is 38.7 Å². The lowest BCUT2D eigenvalue weighted by Crippen LogP contribution is -2.19. The highest BCUT2D eigenvalue weighted by molar-refractivity contribution is 5.83. The quantitative estimate of drug-likeness (QED) is 0.802. The van der Waals surface area contributed by atoms with Crippen LogP contribution < -0.4 is 0 Å². The fourth-order valence-corrected chi connectivity index (χ4v) is 2.69. The number of ketones is 1. The molecule has 1 saturated carbocycles. The summed E-state index contributed by atoms with van der Waals surface area (Å²) in [6.07, 6.45) is 5.96. The fourth-order valence-electron chi connectivity index (χ4n) is 2.69. The van der Waals surface area contributed by atoms with Gasteiger partial charge in [-0.1, -0.05) is 13.3 Å². The summed E-state index contributed by atoms with van der Waals surface area (Å²) in [6.45, 7) is 6.39. The molecule has 0 spiro atoms. The lowest BCUT2D eigenvalue weighted by molar-refractivity contribution is -0.123. The third kappa shape index (κ3) is 2.76. The number of aromatic nitrogens is 2. The first kappa shape index (κ1) is 12.3. The van der Waals surface area contributed by atoms with Crippen LogP contribution in [0.2, 0.25) is 0 Å². The second kappa shape index (κ2) is 5.03. The summed E-state index contributed by atoms with van der Waals surface area (Å²) in [5, 5.41) is 4.44. The summed E-state index contributed by atoms with van der Waals surface area (Å²) in [5.74, 6) is 1.22. The molecule has 0 saturated heterocycles. The summed E-state index contributed by atoms with van der Waals surface area (Å²) in [4.78, 5) is 12.2. The Balaban J connectivity index is 1.97. The van der Waals surface area contributed by atoms with E-state index in [1.807, 2.05) is 16.9 Å². The molecule has 1 aromatic heterocycles. The highest BCUT2D eigenvalue weighted by Crippen LogP contribution is 2.32. The van der Waals surface area contributed by atoms with E-state index >= 15 is 0 Å². The van der Waals surface area contributed by atoms with Crippen molar-refractivity contribution in [3.05, 3.63) is 18.0 Å². The third-order valence-electron chi connectivity index (χ3n) is 3.82. The van der Waals surface area contributed by atoms with Crippen molar-refractivity contribution in [3.63, 3.8) is 0 Å². The molecule has 17 heavy (non-hydrogen) atoms. The van der Waals surface area contributed by atoms with Crippen molar-refractivity contribution in [2.24, 2.45) is 11.8 Å². The van der Waals surface area contributed by atoms with E-state index < -0.39 is 0 Å². The van der Waals surface area contributed by atoms with Crippen molar-refractivity contribution in [2.75, 3.05) is 0 Å². The molecule has 1 aromatic rings. The first-order chi connectivity index (χ1) is 8.08. The predicted octanol–water partition coefficient (Wildman–Crippen LogP) is 3.01. The molecule has 1 aliphatic carbocycles. The number of carbonyl (C=O) groups is 1. The summed E-state index contributed by atoms with van der Waals surface area (Å²) in [5.41, 5.74) is 0.919. The Morgan fingerprint density at radius 1 is 1.53 bits per heavy atom. The highest BCUT2D eigenvalue weighted by atomic mass is 16.1. The zero-order valence-electron chi connectivity index (χ0n) is 11.0. The van der Waals surface area contributed by atoms with Gasteiger partial charge >= 0.3 is 0 Å². The maximum absolute atomic E-state index is 12.2. The first-order valence-electron chi connectivity index (χ1n) is 6.64. The number of nitrogens with zero attached hydrogens (tertiary/aromatic N) is 2. The minimum atomic E-state index is 0.277. The van der Waals surface area contributed by atoms with E-state index in [2.05, 4.69) is 25.9 Å². The highest BCUT2D eigenvalue weighted by Gasteiger charge is 2.29. The van der Waals surface area contributed by atoms with Crippen molar-refractivity contribution in [1.29, 1.82) is 0 Å². The van der Waals surface area contributed by atoms with Crippen molar-refractivity contribution in [3.8, 4) is 0 Å². The van der Waals surface area contributed by atoms with Crippen LogP contribution in [0.4, 0.5) is 0 Å². The van der Waals surface area contributed by atoms with Gasteiger partial charge in [-0.15, -0.1) is 0 Å². The van der Waals surface area contributed by atoms with Crippen LogP contribution in [0.15, 0.2) is 12.3 Å². The van der Waals surface area contributed by atoms with Crippen molar-refractivity contribution in [2.45, 2.75) is 52.5 Å². The number of Topliss-reactive ketones (excluding diaryl/α,β-unsaturated/α-hetero) is 1. The predicted molar refractivity (Wildman–Crippen MR) is 67.8 cm³/mol. The van der Waals surface area contributed by atoms with E-state index in [9.17, 15) is 4.79 Å². The number of hydrogen-bond donors (Lipinski definition) is 0. The van der Waals surface area contributed by atoms with Gasteiger partial charge in [0.05, 0.1) is 12.1 Å². The van der Waals surface area contributed by atoms with Gasteiger partial charge in [0.1, 0.15) is 5.78 Å². The maximum atomic E-state index is 12.2. The minimum Gasteiger partial charge on any atom is -0.299 e. The largest absolute Gasteiger partial charge is 0.299 e. The molecule has 2 atom stereocenters. The average molecular weight is 234 g/mol. The van der Waals surface area contributed by atoms with Gasteiger partial charge in [0, 0.05) is 18.2 Å². The minimum absolute atomic E-state index is 0.277. The van der Waals surface area contributed by atoms with Crippen LogP contribution in [0.25, 0.3) is 0 Å². The van der Waals surface area contributed by atoms with Crippen LogP contribution in [0, 0.1) is 11.8 Å². The zero-order chi connectivity index (χ0) is 12.4. The zero-order valence-corrected chi connectivity index (χ0v) is 11.0. The molecule has 0 N–H and O–H groups in total. The molecule has 2 rings (SSSR count). The van der Waals surface area contributed by atoms with Crippen molar-refractivity contribution < 1.29 is 4.79 Å². The molecule has 0 bridgehead atoms. The Morgan fingerprint density at radius 3 is 2.82 bits per heavy atom. The van der Waals surface area contributed by atoms with E-state index in [0.29, 0.717) is 24.2 Å². The first-order valence-corrected chi connectivity index (χ1v) is 6.64. The standard InChI is InChI=1S/C14H22N2O/c1-10(2)16-8-7-12(15-16)9-14(17)13-6-4-5-11(13)3/h7-8,10-11,13H,4-6,9H2,1-3H3. The van der Waals surface area contributed by atoms with Crippen LogP contribution in [0.3, 0.4) is 0 Å². The normalized spacial score (nSPS) is 24.5. The second-order valence-corrected chi connectivity index (χ2v) is 5.54. The van der Waals surface area contributed by atoms with Crippen LogP contribution >= 0.6 is 0 Å². The monoisotopic (exact) mass is 234 g/mol. The SMILES string of the molecule is CC1CCCC1C(=O)Cc1ccn(C(C)C)n1. The Hall–Kier alpha value is -1.12. The molecular formula is C14H22N2O. The molecule has 3 nitrogen and oxygen atoms in total. The fraction of sp³-hybridized carbons (Fsp3) is 0.714. The second-order valence-electron chi connectivity index (χ2n) is 5.54. The van der Waals surface area contributed by atoms with E-state index in [1.54, 1.807) is 0 Å². The van der Waals surface area contributed by atoms with Gasteiger partial charge in [0.25, 0.3) is 0 Å². The third-order valence-corrected chi connectivity index (χ3v) is 3.82. The smallest absolute Gasteiger partial charge is 0.142 e. The van der Waals surface area contributed by atoms with E-state index in [0.717, 1.165) is 12.1 Å². The molecular weight excluding hydrogens is 212 g/mol. The summed E-state index contributed by atoms with van der Waals surface area (Å²) in [6, 6.07) is 2.33. The maximum Gasteiger partial charge on any atom is 0.142 e. The average Bonchev–Trinajstić information content (AvgIpc) is 2.86. The molecule has 0 radical (unpaired) electrons. The van der Waals surface area contributed by atoms with Crippen LogP contribution in [0.1, 0.15) is 51.8 Å². The molecule has 1 aliphatic rings. The van der Waals surface area contributed by atoms with Gasteiger partial charge in [-0.25, -0.2) is 0 Å². The topological polar surface area (TPSA) is 34.9 Å². The summed E-state index contributed by atoms with van der Waals surface area (Å²) in [7, 11) is 0. The van der Waals surface area contributed by atoms with E-state index in [1.165, 1.54) is 12.8 Å².